The third kappa shape index (κ3) is 4.65. The van der Waals surface area contributed by atoms with Gasteiger partial charge in [-0.25, -0.2) is 0 Å². The van der Waals surface area contributed by atoms with Gasteiger partial charge in [-0.1, -0.05) is 12.1 Å². The number of aromatic nitrogens is 1. The maximum atomic E-state index is 11.6. The Labute approximate surface area is 112 Å². The summed E-state index contributed by atoms with van der Waals surface area (Å²) >= 11 is 0. The topological polar surface area (TPSA) is 76.4 Å². The fourth-order valence-corrected chi connectivity index (χ4v) is 2.01. The van der Waals surface area contributed by atoms with Gasteiger partial charge in [0.2, 0.25) is 5.91 Å². The monoisotopic (exact) mass is 267 g/mol. The summed E-state index contributed by atoms with van der Waals surface area (Å²) < 4.78 is 10.5. The second kappa shape index (κ2) is 7.25. The molecule has 0 saturated carbocycles. The largest absolute Gasteiger partial charge is 0.377 e. The van der Waals surface area contributed by atoms with E-state index in [1.165, 1.54) is 0 Å². The number of nitrogens with zero attached hydrogens (tertiary/aromatic N) is 1. The lowest BCUT2D eigenvalue weighted by Crippen LogP contribution is -2.36. The van der Waals surface area contributed by atoms with E-state index in [1.807, 2.05) is 13.0 Å². The van der Waals surface area contributed by atoms with Gasteiger partial charge in [0.05, 0.1) is 24.9 Å². The molecule has 6 heteroatoms. The third-order valence-corrected chi connectivity index (χ3v) is 3.11. The zero-order chi connectivity index (χ0) is 13.5. The molecule has 1 aliphatic rings. The van der Waals surface area contributed by atoms with Crippen LogP contribution in [-0.2, 0) is 22.5 Å². The van der Waals surface area contributed by atoms with Gasteiger partial charge < -0.3 is 19.9 Å². The van der Waals surface area contributed by atoms with E-state index in [0.717, 1.165) is 38.1 Å². The Morgan fingerprint density at radius 3 is 3.16 bits per heavy atom. The minimum Gasteiger partial charge on any atom is -0.377 e. The molecule has 0 radical (unpaired) electrons. The van der Waals surface area contributed by atoms with Gasteiger partial charge in [-0.2, -0.15) is 0 Å². The fourth-order valence-electron chi connectivity index (χ4n) is 2.01. The number of ether oxygens (including phenoxy) is 1. The number of carbonyl (C=O) groups is 1. The van der Waals surface area contributed by atoms with E-state index in [9.17, 15) is 4.79 Å². The highest BCUT2D eigenvalue weighted by Crippen LogP contribution is 2.10. The van der Waals surface area contributed by atoms with E-state index in [4.69, 9.17) is 9.26 Å². The van der Waals surface area contributed by atoms with E-state index < -0.39 is 0 Å². The Bertz CT molecular complexity index is 400. The summed E-state index contributed by atoms with van der Waals surface area (Å²) in [6.07, 6.45) is 3.28. The van der Waals surface area contributed by atoms with E-state index in [0.29, 0.717) is 18.8 Å². The van der Waals surface area contributed by atoms with Crippen molar-refractivity contribution in [3.8, 4) is 0 Å². The van der Waals surface area contributed by atoms with E-state index >= 15 is 0 Å². The molecule has 0 aliphatic carbocycles. The van der Waals surface area contributed by atoms with Crippen LogP contribution in [0.2, 0.25) is 0 Å². The lowest BCUT2D eigenvalue weighted by molar-refractivity contribution is -0.120. The summed E-state index contributed by atoms with van der Waals surface area (Å²) in [6.45, 7) is 4.26. The number of carbonyl (C=O) groups excluding carboxylic acids is 1. The van der Waals surface area contributed by atoms with Crippen LogP contribution >= 0.6 is 0 Å². The molecule has 2 N–H and O–H groups in total. The lowest BCUT2D eigenvalue weighted by atomic mass is 10.2. The maximum absolute atomic E-state index is 11.6. The third-order valence-electron chi connectivity index (χ3n) is 3.11. The van der Waals surface area contributed by atoms with Crippen LogP contribution in [0.5, 0.6) is 0 Å². The van der Waals surface area contributed by atoms with E-state index in [2.05, 4.69) is 15.8 Å². The van der Waals surface area contributed by atoms with Crippen molar-refractivity contribution in [1.82, 2.24) is 15.8 Å². The van der Waals surface area contributed by atoms with Crippen LogP contribution in [0.1, 0.15) is 31.2 Å². The number of nitrogens with one attached hydrogen (secondary N) is 2. The summed E-state index contributed by atoms with van der Waals surface area (Å²) in [6, 6.07) is 1.86. The predicted molar refractivity (Wildman–Crippen MR) is 69.6 cm³/mol. The minimum absolute atomic E-state index is 0.0487. The SMILES string of the molecule is CCc1cc(CNC(=O)CNC[C@@H]2CCCO2)on1. The van der Waals surface area contributed by atoms with Gasteiger partial charge in [-0.05, 0) is 19.3 Å². The molecule has 1 saturated heterocycles. The summed E-state index contributed by atoms with van der Waals surface area (Å²) in [5, 5.41) is 9.75. The standard InChI is InChI=1S/C13H21N3O3/c1-2-10-6-12(19-16-10)8-15-13(17)9-14-7-11-4-3-5-18-11/h6,11,14H,2-5,7-9H2,1H3,(H,15,17)/t11-/m0/s1. The molecule has 6 nitrogen and oxygen atoms in total. The van der Waals surface area contributed by atoms with Crippen LogP contribution in [0.25, 0.3) is 0 Å². The van der Waals surface area contributed by atoms with Crippen molar-refractivity contribution < 1.29 is 14.1 Å². The van der Waals surface area contributed by atoms with Crippen LogP contribution in [0.15, 0.2) is 10.6 Å². The second-order valence-corrected chi connectivity index (χ2v) is 4.68. The van der Waals surface area contributed by atoms with Gasteiger partial charge in [0.25, 0.3) is 0 Å². The quantitative estimate of drug-likeness (QED) is 0.757. The first-order chi connectivity index (χ1) is 9.28. The minimum atomic E-state index is -0.0487. The van der Waals surface area contributed by atoms with Crippen LogP contribution in [-0.4, -0.2) is 36.9 Å². The number of hydrogen-bond donors (Lipinski definition) is 2. The normalized spacial score (nSPS) is 18.7. The van der Waals surface area contributed by atoms with Gasteiger partial charge in [0, 0.05) is 19.2 Å². The van der Waals surface area contributed by atoms with Crippen LogP contribution in [0, 0.1) is 0 Å². The molecule has 19 heavy (non-hydrogen) atoms. The molecule has 1 aromatic heterocycles. The van der Waals surface area contributed by atoms with Gasteiger partial charge in [-0.3, -0.25) is 4.79 Å². The maximum Gasteiger partial charge on any atom is 0.234 e. The highest BCUT2D eigenvalue weighted by atomic mass is 16.5. The van der Waals surface area contributed by atoms with Crippen molar-refractivity contribution in [3.05, 3.63) is 17.5 Å². The molecule has 1 fully saturated rings. The molecule has 0 aromatic carbocycles. The van der Waals surface area contributed by atoms with Crippen molar-refractivity contribution in [2.45, 2.75) is 38.8 Å². The predicted octanol–water partition coefficient (Wildman–Crippen LogP) is 0.622. The van der Waals surface area contributed by atoms with Crippen molar-refractivity contribution in [3.63, 3.8) is 0 Å². The summed E-state index contributed by atoms with van der Waals surface area (Å²) in [5.41, 5.74) is 0.903. The molecule has 2 rings (SSSR count). The van der Waals surface area contributed by atoms with Crippen molar-refractivity contribution >= 4 is 5.91 Å². The van der Waals surface area contributed by atoms with Gasteiger partial charge >= 0.3 is 0 Å². The summed E-state index contributed by atoms with van der Waals surface area (Å²) in [7, 11) is 0. The van der Waals surface area contributed by atoms with Crippen LogP contribution in [0.3, 0.4) is 0 Å². The Balaban J connectivity index is 1.58. The number of aryl methyl sites for hydroxylation is 1. The molecule has 1 aliphatic heterocycles. The van der Waals surface area contributed by atoms with Crippen molar-refractivity contribution in [2.24, 2.45) is 0 Å². The first-order valence-corrected chi connectivity index (χ1v) is 6.81. The first kappa shape index (κ1) is 14.0. The average molecular weight is 267 g/mol. The number of amides is 1. The highest BCUT2D eigenvalue weighted by molar-refractivity contribution is 5.77. The lowest BCUT2D eigenvalue weighted by Gasteiger charge is -2.10. The zero-order valence-corrected chi connectivity index (χ0v) is 11.3. The number of rotatable bonds is 7. The van der Waals surface area contributed by atoms with E-state index in [1.54, 1.807) is 0 Å². The molecule has 1 atom stereocenters. The average Bonchev–Trinajstić information content (AvgIpc) is 3.07. The summed E-state index contributed by atoms with van der Waals surface area (Å²) in [4.78, 5) is 11.6. The Kier molecular flexibility index (Phi) is 5.35. The molecule has 1 amide bonds. The number of hydrogen-bond acceptors (Lipinski definition) is 5. The zero-order valence-electron chi connectivity index (χ0n) is 11.3. The first-order valence-electron chi connectivity index (χ1n) is 6.81. The smallest absolute Gasteiger partial charge is 0.234 e. The van der Waals surface area contributed by atoms with Crippen molar-refractivity contribution in [1.29, 1.82) is 0 Å². The van der Waals surface area contributed by atoms with Crippen molar-refractivity contribution in [2.75, 3.05) is 19.7 Å². The van der Waals surface area contributed by atoms with Crippen LogP contribution in [0.4, 0.5) is 0 Å². The molecule has 0 bridgehead atoms. The van der Waals surface area contributed by atoms with Gasteiger partial charge in [-0.15, -0.1) is 0 Å². The van der Waals surface area contributed by atoms with Gasteiger partial charge in [0.1, 0.15) is 0 Å². The molecule has 1 aromatic rings. The Hall–Kier alpha value is -1.40. The highest BCUT2D eigenvalue weighted by Gasteiger charge is 2.15. The molecule has 0 unspecified atom stereocenters. The summed E-state index contributed by atoms with van der Waals surface area (Å²) in [5.74, 6) is 0.636. The molecular weight excluding hydrogens is 246 g/mol. The van der Waals surface area contributed by atoms with Crippen LogP contribution < -0.4 is 10.6 Å². The fraction of sp³-hybridized carbons (Fsp3) is 0.692. The van der Waals surface area contributed by atoms with E-state index in [-0.39, 0.29) is 12.0 Å². The second-order valence-electron chi connectivity index (χ2n) is 4.68. The molecule has 106 valence electrons. The molecule has 2 heterocycles. The Morgan fingerprint density at radius 1 is 1.58 bits per heavy atom. The Morgan fingerprint density at radius 2 is 2.47 bits per heavy atom. The van der Waals surface area contributed by atoms with Gasteiger partial charge in [0.15, 0.2) is 5.76 Å². The molecular formula is C13H21N3O3. The molecule has 0 spiro atoms.